The molecule has 0 aromatic carbocycles. The molecule has 17 heavy (non-hydrogen) atoms. The first-order chi connectivity index (χ1) is 8.10. The van der Waals surface area contributed by atoms with E-state index in [9.17, 15) is 4.79 Å². The van der Waals surface area contributed by atoms with Gasteiger partial charge in [0.15, 0.2) is 0 Å². The molecule has 2 rings (SSSR count). The lowest BCUT2D eigenvalue weighted by Crippen LogP contribution is -2.53. The van der Waals surface area contributed by atoms with Gasteiger partial charge in [-0.2, -0.15) is 4.37 Å². The summed E-state index contributed by atoms with van der Waals surface area (Å²) in [6.45, 7) is 5.84. The molecule has 1 fully saturated rings. The van der Waals surface area contributed by atoms with Crippen LogP contribution in [0.5, 0.6) is 0 Å². The fourth-order valence-electron chi connectivity index (χ4n) is 1.83. The van der Waals surface area contributed by atoms with Gasteiger partial charge in [-0.25, -0.2) is 4.98 Å². The molecule has 0 aliphatic carbocycles. The van der Waals surface area contributed by atoms with E-state index in [1.807, 2.05) is 0 Å². The van der Waals surface area contributed by atoms with Gasteiger partial charge in [0.05, 0.1) is 5.92 Å². The average molecular weight is 254 g/mol. The van der Waals surface area contributed by atoms with E-state index in [4.69, 9.17) is 0 Å². The number of aromatic nitrogens is 2. The third-order valence-electron chi connectivity index (χ3n) is 2.82. The van der Waals surface area contributed by atoms with Crippen LogP contribution in [0.15, 0.2) is 0 Å². The first-order valence-electron chi connectivity index (χ1n) is 5.89. The zero-order chi connectivity index (χ0) is 12.4. The lowest BCUT2D eigenvalue weighted by Gasteiger charge is -2.37. The van der Waals surface area contributed by atoms with Crippen molar-refractivity contribution in [2.24, 2.45) is 11.8 Å². The molecule has 94 valence electrons. The first-order valence-corrected chi connectivity index (χ1v) is 6.66. The normalized spacial score (nSPS) is 16.1. The van der Waals surface area contributed by atoms with Gasteiger partial charge in [0.2, 0.25) is 11.0 Å². The highest BCUT2D eigenvalue weighted by molar-refractivity contribution is 7.09. The van der Waals surface area contributed by atoms with Crippen LogP contribution in [0.2, 0.25) is 0 Å². The Balaban J connectivity index is 1.88. The lowest BCUT2D eigenvalue weighted by molar-refractivity contribution is -0.125. The zero-order valence-electron chi connectivity index (χ0n) is 10.4. The number of rotatable bonds is 4. The van der Waals surface area contributed by atoms with Gasteiger partial charge in [0.25, 0.3) is 0 Å². The molecular weight excluding hydrogens is 236 g/mol. The standard InChI is InChI=1S/C11H18N4OS/c1-7(2)4-9-13-11(17-14-9)15-5-8(6-15)10(16)12-3/h7-8H,4-6H2,1-3H3,(H,12,16). The summed E-state index contributed by atoms with van der Waals surface area (Å²) in [7, 11) is 1.68. The molecular formula is C11H18N4OS. The lowest BCUT2D eigenvalue weighted by atomic mass is 10.0. The highest BCUT2D eigenvalue weighted by Gasteiger charge is 2.33. The van der Waals surface area contributed by atoms with Crippen LogP contribution >= 0.6 is 11.5 Å². The van der Waals surface area contributed by atoms with Gasteiger partial charge in [-0.05, 0) is 5.92 Å². The van der Waals surface area contributed by atoms with Crippen LogP contribution in [0, 0.1) is 11.8 Å². The third kappa shape index (κ3) is 2.74. The van der Waals surface area contributed by atoms with Gasteiger partial charge < -0.3 is 10.2 Å². The molecule has 1 saturated heterocycles. The van der Waals surface area contributed by atoms with E-state index < -0.39 is 0 Å². The molecule has 2 heterocycles. The van der Waals surface area contributed by atoms with Crippen molar-refractivity contribution in [3.63, 3.8) is 0 Å². The van der Waals surface area contributed by atoms with E-state index >= 15 is 0 Å². The maximum absolute atomic E-state index is 11.4. The second kappa shape index (κ2) is 5.00. The molecule has 1 N–H and O–H groups in total. The number of hydrogen-bond donors (Lipinski definition) is 1. The fraction of sp³-hybridized carbons (Fsp3) is 0.727. The molecule has 1 aliphatic rings. The number of hydrogen-bond acceptors (Lipinski definition) is 5. The van der Waals surface area contributed by atoms with Crippen LogP contribution in [-0.2, 0) is 11.2 Å². The summed E-state index contributed by atoms with van der Waals surface area (Å²) >= 11 is 1.43. The third-order valence-corrected chi connectivity index (χ3v) is 3.63. The second-order valence-corrected chi connectivity index (χ2v) is 5.54. The SMILES string of the molecule is CNC(=O)C1CN(c2nc(CC(C)C)ns2)C1. The quantitative estimate of drug-likeness (QED) is 0.868. The molecule has 1 aliphatic heterocycles. The summed E-state index contributed by atoms with van der Waals surface area (Å²) in [6.07, 6.45) is 0.920. The molecule has 6 heteroatoms. The van der Waals surface area contributed by atoms with Crippen molar-refractivity contribution < 1.29 is 4.79 Å². The van der Waals surface area contributed by atoms with E-state index in [0.29, 0.717) is 5.92 Å². The van der Waals surface area contributed by atoms with Crippen molar-refractivity contribution in [3.05, 3.63) is 5.82 Å². The van der Waals surface area contributed by atoms with E-state index in [-0.39, 0.29) is 11.8 Å². The Kier molecular flexibility index (Phi) is 3.61. The van der Waals surface area contributed by atoms with Gasteiger partial charge in [-0.15, -0.1) is 0 Å². The van der Waals surface area contributed by atoms with E-state index in [2.05, 4.69) is 33.4 Å². The maximum Gasteiger partial charge on any atom is 0.226 e. The smallest absolute Gasteiger partial charge is 0.226 e. The van der Waals surface area contributed by atoms with Crippen LogP contribution in [0.4, 0.5) is 5.13 Å². The second-order valence-electron chi connectivity index (χ2n) is 4.81. The molecule has 1 aromatic rings. The van der Waals surface area contributed by atoms with Crippen molar-refractivity contribution in [2.45, 2.75) is 20.3 Å². The maximum atomic E-state index is 11.4. The first kappa shape index (κ1) is 12.3. The summed E-state index contributed by atoms with van der Waals surface area (Å²) in [5.74, 6) is 1.72. The Bertz CT molecular complexity index is 398. The van der Waals surface area contributed by atoms with Crippen LogP contribution in [0.1, 0.15) is 19.7 Å². The van der Waals surface area contributed by atoms with Crippen molar-refractivity contribution in [2.75, 3.05) is 25.0 Å². The van der Waals surface area contributed by atoms with E-state index in [0.717, 1.165) is 30.5 Å². The number of nitrogens with one attached hydrogen (secondary N) is 1. The Morgan fingerprint density at radius 1 is 1.59 bits per heavy atom. The van der Waals surface area contributed by atoms with Crippen molar-refractivity contribution >= 4 is 22.6 Å². The summed E-state index contributed by atoms with van der Waals surface area (Å²) in [5.41, 5.74) is 0. The Morgan fingerprint density at radius 2 is 2.29 bits per heavy atom. The highest BCUT2D eigenvalue weighted by atomic mass is 32.1. The van der Waals surface area contributed by atoms with Crippen molar-refractivity contribution in [3.8, 4) is 0 Å². The molecule has 1 amide bonds. The fourth-order valence-corrected chi connectivity index (χ4v) is 2.54. The summed E-state index contributed by atoms with van der Waals surface area (Å²) < 4.78 is 4.34. The molecule has 5 nitrogen and oxygen atoms in total. The highest BCUT2D eigenvalue weighted by Crippen LogP contribution is 2.26. The largest absolute Gasteiger partial charge is 0.359 e. The number of carbonyl (C=O) groups is 1. The van der Waals surface area contributed by atoms with Crippen LogP contribution in [0.25, 0.3) is 0 Å². The zero-order valence-corrected chi connectivity index (χ0v) is 11.3. The predicted molar refractivity (Wildman–Crippen MR) is 68.2 cm³/mol. The van der Waals surface area contributed by atoms with Crippen LogP contribution < -0.4 is 10.2 Å². The molecule has 0 bridgehead atoms. The van der Waals surface area contributed by atoms with E-state index in [1.165, 1.54) is 11.5 Å². The number of nitrogens with zero attached hydrogens (tertiary/aromatic N) is 3. The monoisotopic (exact) mass is 254 g/mol. The van der Waals surface area contributed by atoms with Crippen molar-refractivity contribution in [1.82, 2.24) is 14.7 Å². The minimum atomic E-state index is 0.109. The Labute approximate surface area is 105 Å². The Morgan fingerprint density at radius 3 is 2.88 bits per heavy atom. The molecule has 0 radical (unpaired) electrons. The van der Waals surface area contributed by atoms with Gasteiger partial charge in [-0.1, -0.05) is 13.8 Å². The predicted octanol–water partition coefficient (Wildman–Crippen LogP) is 0.919. The van der Waals surface area contributed by atoms with Crippen molar-refractivity contribution in [1.29, 1.82) is 0 Å². The van der Waals surface area contributed by atoms with Gasteiger partial charge in [0.1, 0.15) is 5.82 Å². The molecule has 0 saturated carbocycles. The van der Waals surface area contributed by atoms with Gasteiger partial charge >= 0.3 is 0 Å². The molecule has 0 unspecified atom stereocenters. The van der Waals surface area contributed by atoms with Gasteiger partial charge in [0, 0.05) is 38.1 Å². The minimum Gasteiger partial charge on any atom is -0.359 e. The number of anilines is 1. The summed E-state index contributed by atoms with van der Waals surface area (Å²) in [6, 6.07) is 0. The van der Waals surface area contributed by atoms with Crippen LogP contribution in [-0.4, -0.2) is 35.4 Å². The van der Waals surface area contributed by atoms with E-state index in [1.54, 1.807) is 7.05 Å². The summed E-state index contributed by atoms with van der Waals surface area (Å²) in [4.78, 5) is 18.0. The molecule has 1 aromatic heterocycles. The minimum absolute atomic E-state index is 0.109. The van der Waals surface area contributed by atoms with Crippen LogP contribution in [0.3, 0.4) is 0 Å². The average Bonchev–Trinajstić information content (AvgIpc) is 2.62. The number of carbonyl (C=O) groups excluding carboxylic acids is 1. The Hall–Kier alpha value is -1.17. The molecule has 0 atom stereocenters. The summed E-state index contributed by atoms with van der Waals surface area (Å²) in [5, 5.41) is 3.62. The van der Waals surface area contributed by atoms with Gasteiger partial charge in [-0.3, -0.25) is 4.79 Å². The molecule has 0 spiro atoms. The number of amides is 1. The topological polar surface area (TPSA) is 58.1 Å².